The van der Waals surface area contributed by atoms with Gasteiger partial charge in [-0.1, -0.05) is 19.1 Å². The Hall–Kier alpha value is -0.770. The molecule has 0 fully saturated rings. The molecule has 1 aromatic rings. The van der Waals surface area contributed by atoms with Crippen molar-refractivity contribution < 1.29 is 9.84 Å². The van der Waals surface area contributed by atoms with Crippen LogP contribution in [0.2, 0.25) is 0 Å². The van der Waals surface area contributed by atoms with Gasteiger partial charge < -0.3 is 15.6 Å². The van der Waals surface area contributed by atoms with Gasteiger partial charge in [-0.25, -0.2) is 0 Å². The van der Waals surface area contributed by atoms with Crippen LogP contribution in [0, 0.1) is 0 Å². The summed E-state index contributed by atoms with van der Waals surface area (Å²) in [4.78, 5) is 0. The van der Waals surface area contributed by atoms with E-state index >= 15 is 0 Å². The molecular weight excluding hydrogens is 250 g/mol. The fourth-order valence-electron chi connectivity index (χ4n) is 1.59. The van der Waals surface area contributed by atoms with Gasteiger partial charge in [0.15, 0.2) is 0 Å². The highest BCUT2D eigenvalue weighted by atomic mass is 35.5. The molecule has 0 aromatic heterocycles. The Labute approximate surface area is 116 Å². The van der Waals surface area contributed by atoms with E-state index in [1.54, 1.807) is 0 Å². The number of aliphatic hydroxyl groups is 1. The minimum Gasteiger partial charge on any atom is -0.488 e. The molecule has 18 heavy (non-hydrogen) atoms. The van der Waals surface area contributed by atoms with Crippen molar-refractivity contribution in [3.63, 3.8) is 0 Å². The fraction of sp³-hybridized carbons (Fsp3) is 0.571. The van der Waals surface area contributed by atoms with Gasteiger partial charge in [-0.05, 0) is 44.9 Å². The quantitative estimate of drug-likeness (QED) is 0.886. The van der Waals surface area contributed by atoms with E-state index in [1.807, 2.05) is 52.0 Å². The van der Waals surface area contributed by atoms with Gasteiger partial charge in [0.25, 0.3) is 0 Å². The third-order valence-corrected chi connectivity index (χ3v) is 2.52. The lowest BCUT2D eigenvalue weighted by molar-refractivity contribution is 0.130. The van der Waals surface area contributed by atoms with Crippen LogP contribution in [0.25, 0.3) is 0 Å². The Morgan fingerprint density at radius 2 is 1.72 bits per heavy atom. The second-order valence-corrected chi connectivity index (χ2v) is 5.28. The summed E-state index contributed by atoms with van der Waals surface area (Å²) in [5, 5.41) is 9.68. The number of ether oxygens (including phenoxy) is 1. The van der Waals surface area contributed by atoms with Crippen LogP contribution in [0.4, 0.5) is 0 Å². The van der Waals surface area contributed by atoms with E-state index < -0.39 is 6.10 Å². The Morgan fingerprint density at radius 3 is 2.11 bits per heavy atom. The van der Waals surface area contributed by atoms with Gasteiger partial charge in [0, 0.05) is 0 Å². The first-order valence-electron chi connectivity index (χ1n) is 6.06. The fourth-order valence-corrected chi connectivity index (χ4v) is 1.59. The highest BCUT2D eigenvalue weighted by molar-refractivity contribution is 5.85. The van der Waals surface area contributed by atoms with Gasteiger partial charge in [0.1, 0.15) is 11.4 Å². The first-order chi connectivity index (χ1) is 7.83. The van der Waals surface area contributed by atoms with Crippen LogP contribution in [0.3, 0.4) is 0 Å². The van der Waals surface area contributed by atoms with E-state index in [0.29, 0.717) is 6.42 Å². The smallest absolute Gasteiger partial charge is 0.120 e. The van der Waals surface area contributed by atoms with Crippen LogP contribution in [-0.2, 0) is 0 Å². The molecule has 2 atom stereocenters. The Kier molecular flexibility index (Phi) is 6.68. The average Bonchev–Trinajstić information content (AvgIpc) is 2.26. The number of hydrogen-bond acceptors (Lipinski definition) is 3. The summed E-state index contributed by atoms with van der Waals surface area (Å²) in [5.74, 6) is 0.819. The molecular formula is C14H24ClNO2. The first kappa shape index (κ1) is 17.2. The third-order valence-electron chi connectivity index (χ3n) is 2.52. The van der Waals surface area contributed by atoms with Crippen LogP contribution in [0.1, 0.15) is 45.7 Å². The van der Waals surface area contributed by atoms with Crippen molar-refractivity contribution in [1.29, 1.82) is 0 Å². The predicted molar refractivity (Wildman–Crippen MR) is 77.3 cm³/mol. The molecule has 3 nitrogen and oxygen atoms in total. The van der Waals surface area contributed by atoms with E-state index in [4.69, 9.17) is 10.5 Å². The van der Waals surface area contributed by atoms with Crippen molar-refractivity contribution in [2.24, 2.45) is 5.73 Å². The third kappa shape index (κ3) is 5.25. The minimum absolute atomic E-state index is 0. The van der Waals surface area contributed by atoms with Crippen LogP contribution in [0.15, 0.2) is 24.3 Å². The number of benzene rings is 1. The maximum atomic E-state index is 9.68. The molecule has 1 rings (SSSR count). The van der Waals surface area contributed by atoms with Gasteiger partial charge in [0.2, 0.25) is 0 Å². The van der Waals surface area contributed by atoms with Crippen molar-refractivity contribution in [3.8, 4) is 5.75 Å². The van der Waals surface area contributed by atoms with Crippen molar-refractivity contribution in [2.75, 3.05) is 0 Å². The van der Waals surface area contributed by atoms with E-state index in [2.05, 4.69) is 0 Å². The summed E-state index contributed by atoms with van der Waals surface area (Å²) in [6.07, 6.45) is 0.158. The second-order valence-electron chi connectivity index (χ2n) is 5.28. The van der Waals surface area contributed by atoms with Crippen molar-refractivity contribution in [3.05, 3.63) is 29.8 Å². The SMILES string of the molecule is CC[C@H](O)[C@H](N)c1ccc(OC(C)(C)C)cc1.Cl. The van der Waals surface area contributed by atoms with Gasteiger partial charge in [-0.15, -0.1) is 12.4 Å². The molecule has 0 unspecified atom stereocenters. The Balaban J connectivity index is 0.00000289. The van der Waals surface area contributed by atoms with Gasteiger partial charge >= 0.3 is 0 Å². The molecule has 4 heteroatoms. The standard InChI is InChI=1S/C14H23NO2.ClH/c1-5-12(16)13(15)10-6-8-11(9-7-10)17-14(2,3)4;/h6-9,12-13,16H,5,15H2,1-4H3;1H/t12-,13+;/m0./s1. The Morgan fingerprint density at radius 1 is 1.22 bits per heavy atom. The zero-order chi connectivity index (χ0) is 13.1. The number of rotatable bonds is 4. The lowest BCUT2D eigenvalue weighted by Gasteiger charge is -2.22. The van der Waals surface area contributed by atoms with E-state index in [9.17, 15) is 5.11 Å². The predicted octanol–water partition coefficient (Wildman–Crippen LogP) is 3.06. The molecule has 0 radical (unpaired) electrons. The summed E-state index contributed by atoms with van der Waals surface area (Å²) in [6.45, 7) is 7.94. The zero-order valence-corrected chi connectivity index (χ0v) is 12.3. The van der Waals surface area contributed by atoms with Crippen LogP contribution < -0.4 is 10.5 Å². The molecule has 0 aliphatic carbocycles. The molecule has 0 saturated carbocycles. The highest BCUT2D eigenvalue weighted by Gasteiger charge is 2.16. The largest absolute Gasteiger partial charge is 0.488 e. The van der Waals surface area contributed by atoms with Gasteiger partial charge in [0.05, 0.1) is 12.1 Å². The minimum atomic E-state index is -0.496. The van der Waals surface area contributed by atoms with Crippen LogP contribution >= 0.6 is 12.4 Å². The lowest BCUT2D eigenvalue weighted by atomic mass is 10.0. The summed E-state index contributed by atoms with van der Waals surface area (Å²) in [5.41, 5.74) is 6.66. The number of nitrogens with two attached hydrogens (primary N) is 1. The molecule has 0 aliphatic rings. The van der Waals surface area contributed by atoms with Crippen molar-refractivity contribution in [2.45, 2.75) is 51.9 Å². The number of hydrogen-bond donors (Lipinski definition) is 2. The number of halogens is 1. The monoisotopic (exact) mass is 273 g/mol. The summed E-state index contributed by atoms with van der Waals surface area (Å²) >= 11 is 0. The molecule has 0 aliphatic heterocycles. The Bertz CT molecular complexity index is 346. The van der Waals surface area contributed by atoms with E-state index in [-0.39, 0.29) is 24.0 Å². The molecule has 1 aromatic carbocycles. The topological polar surface area (TPSA) is 55.5 Å². The molecule has 0 amide bonds. The molecule has 0 bridgehead atoms. The molecule has 0 spiro atoms. The average molecular weight is 274 g/mol. The summed E-state index contributed by atoms with van der Waals surface area (Å²) < 4.78 is 5.72. The normalized spacial score (nSPS) is 14.6. The maximum Gasteiger partial charge on any atom is 0.120 e. The van der Waals surface area contributed by atoms with Crippen molar-refractivity contribution in [1.82, 2.24) is 0 Å². The molecule has 104 valence electrons. The van der Waals surface area contributed by atoms with E-state index in [1.165, 1.54) is 0 Å². The highest BCUT2D eigenvalue weighted by Crippen LogP contribution is 2.22. The zero-order valence-electron chi connectivity index (χ0n) is 11.5. The lowest BCUT2D eigenvalue weighted by Crippen LogP contribution is -2.25. The summed E-state index contributed by atoms with van der Waals surface area (Å²) in [7, 11) is 0. The van der Waals surface area contributed by atoms with E-state index in [0.717, 1.165) is 11.3 Å². The second kappa shape index (κ2) is 6.98. The molecule has 0 saturated heterocycles. The maximum absolute atomic E-state index is 9.68. The van der Waals surface area contributed by atoms with Gasteiger partial charge in [-0.2, -0.15) is 0 Å². The van der Waals surface area contributed by atoms with Crippen LogP contribution in [-0.4, -0.2) is 16.8 Å². The first-order valence-corrected chi connectivity index (χ1v) is 6.06. The molecule has 0 heterocycles. The number of aliphatic hydroxyl groups excluding tert-OH is 1. The van der Waals surface area contributed by atoms with Crippen LogP contribution in [0.5, 0.6) is 5.75 Å². The van der Waals surface area contributed by atoms with Gasteiger partial charge in [-0.3, -0.25) is 0 Å². The van der Waals surface area contributed by atoms with Crippen molar-refractivity contribution >= 4 is 12.4 Å². The molecule has 3 N–H and O–H groups in total. The summed E-state index contributed by atoms with van der Waals surface area (Å²) in [6, 6.07) is 7.27.